The van der Waals surface area contributed by atoms with Crippen LogP contribution in [0.3, 0.4) is 0 Å². The van der Waals surface area contributed by atoms with Crippen molar-refractivity contribution in [3.05, 3.63) is 0 Å². The van der Waals surface area contributed by atoms with Crippen LogP contribution in [0, 0.1) is 0 Å². The minimum atomic E-state index is -3.90. The Morgan fingerprint density at radius 3 is 2.33 bits per heavy atom. The lowest BCUT2D eigenvalue weighted by molar-refractivity contribution is 0.502. The number of hydrogen-bond acceptors (Lipinski definition) is 4. The average molecular weight is 171 g/mol. The topological polar surface area (TPSA) is 80.4 Å². The highest BCUT2D eigenvalue weighted by atomic mass is 33.1. The van der Waals surface area contributed by atoms with E-state index in [1.54, 1.807) is 6.92 Å². The van der Waals surface area contributed by atoms with Gasteiger partial charge < -0.3 is 5.73 Å². The van der Waals surface area contributed by atoms with E-state index in [1.165, 1.54) is 0 Å². The molecular weight excluding hydrogens is 162 g/mol. The molecule has 0 aliphatic rings. The maximum atomic E-state index is 10.1. The van der Waals surface area contributed by atoms with E-state index in [2.05, 4.69) is 0 Å². The first kappa shape index (κ1) is 9.22. The van der Waals surface area contributed by atoms with Crippen molar-refractivity contribution in [2.24, 2.45) is 5.73 Å². The Morgan fingerprint density at radius 1 is 1.78 bits per heavy atom. The van der Waals surface area contributed by atoms with Gasteiger partial charge in [0.15, 0.2) is 0 Å². The van der Waals surface area contributed by atoms with Crippen LogP contribution < -0.4 is 5.73 Å². The fourth-order valence-electron chi connectivity index (χ4n) is 0.247. The molecule has 56 valence electrons. The summed E-state index contributed by atoms with van der Waals surface area (Å²) in [6.45, 7) is 1.86. The largest absolute Gasteiger partial charge is 0.329 e. The summed E-state index contributed by atoms with van der Waals surface area (Å²) in [4.78, 5) is 0. The molecule has 0 aliphatic carbocycles. The molecule has 1 unspecified atom stereocenters. The van der Waals surface area contributed by atoms with Gasteiger partial charge in [0.25, 0.3) is 0 Å². The van der Waals surface area contributed by atoms with Gasteiger partial charge in [-0.15, -0.1) is 0 Å². The Bertz CT molecular complexity index is 164. The van der Waals surface area contributed by atoms with Gasteiger partial charge in [0.2, 0.25) is 0 Å². The third-order valence-corrected chi connectivity index (χ3v) is 3.10. The third kappa shape index (κ3) is 6.10. The molecule has 6 heteroatoms. The van der Waals surface area contributed by atoms with Crippen LogP contribution in [0.25, 0.3) is 0 Å². The zero-order valence-corrected chi connectivity index (χ0v) is 6.58. The molecule has 4 nitrogen and oxygen atoms in total. The van der Waals surface area contributed by atoms with Crippen molar-refractivity contribution in [2.45, 2.75) is 12.2 Å². The van der Waals surface area contributed by atoms with E-state index < -0.39 is 9.15 Å². The van der Waals surface area contributed by atoms with E-state index in [0.717, 1.165) is 0 Å². The summed E-state index contributed by atoms with van der Waals surface area (Å²) in [5, 5.41) is -0.250. The van der Waals surface area contributed by atoms with Crippen LogP contribution in [0.1, 0.15) is 6.92 Å². The van der Waals surface area contributed by atoms with Gasteiger partial charge in [-0.1, -0.05) is 6.92 Å². The van der Waals surface area contributed by atoms with Crippen molar-refractivity contribution < 1.29 is 13.0 Å². The van der Waals surface area contributed by atoms with Gasteiger partial charge >= 0.3 is 9.15 Å². The van der Waals surface area contributed by atoms with Gasteiger partial charge in [-0.3, -0.25) is 4.55 Å². The second-order valence-electron chi connectivity index (χ2n) is 1.57. The summed E-state index contributed by atoms with van der Waals surface area (Å²) in [6, 6.07) is 0. The fourth-order valence-corrected chi connectivity index (χ4v) is 2.22. The van der Waals surface area contributed by atoms with Gasteiger partial charge in [-0.25, -0.2) is 0 Å². The Labute approximate surface area is 58.0 Å². The predicted molar refractivity (Wildman–Crippen MR) is 37.7 cm³/mol. The van der Waals surface area contributed by atoms with Crippen molar-refractivity contribution in [1.29, 1.82) is 0 Å². The summed E-state index contributed by atoms with van der Waals surface area (Å²) in [7, 11) is -3.44. The average Bonchev–Trinajstić information content (AvgIpc) is 1.62. The van der Waals surface area contributed by atoms with Crippen molar-refractivity contribution in [2.75, 3.05) is 6.54 Å². The lowest BCUT2D eigenvalue weighted by atomic mass is 10.5. The Morgan fingerprint density at radius 2 is 2.22 bits per heavy atom. The van der Waals surface area contributed by atoms with Crippen molar-refractivity contribution in [3.63, 3.8) is 0 Å². The molecule has 0 saturated carbocycles. The van der Waals surface area contributed by atoms with E-state index in [-0.39, 0.29) is 11.8 Å². The normalized spacial score (nSPS) is 15.4. The monoisotopic (exact) mass is 171 g/mol. The van der Waals surface area contributed by atoms with E-state index >= 15 is 0 Å². The summed E-state index contributed by atoms with van der Waals surface area (Å²) in [5.41, 5.74) is 5.08. The van der Waals surface area contributed by atoms with Gasteiger partial charge in [-0.05, 0) is 0 Å². The first-order chi connectivity index (χ1) is 3.95. The van der Waals surface area contributed by atoms with E-state index in [0.29, 0.717) is 10.8 Å². The third-order valence-electron chi connectivity index (χ3n) is 0.618. The molecule has 0 bridgehead atoms. The lowest BCUT2D eigenvalue weighted by Crippen LogP contribution is -2.14. The van der Waals surface area contributed by atoms with Crippen LogP contribution >= 0.6 is 10.8 Å². The molecular formula is C3H9NO3S2. The molecule has 0 heterocycles. The van der Waals surface area contributed by atoms with Crippen LogP contribution in [-0.4, -0.2) is 24.8 Å². The molecule has 0 rings (SSSR count). The lowest BCUT2D eigenvalue weighted by Gasteiger charge is -2.01. The number of rotatable bonds is 3. The molecule has 9 heavy (non-hydrogen) atoms. The Hall–Kier alpha value is 0.220. The second kappa shape index (κ2) is 3.40. The summed E-state index contributed by atoms with van der Waals surface area (Å²) in [6.07, 6.45) is 0. The predicted octanol–water partition coefficient (Wildman–Crippen LogP) is -0.130. The molecule has 3 N–H and O–H groups in total. The van der Waals surface area contributed by atoms with E-state index in [4.69, 9.17) is 10.3 Å². The standard InChI is InChI=1S/C3H9NO3S2/c1-3(2-4)8-9(5,6)7/h3H,2,4H2,1H3,(H,5,6,7). The van der Waals surface area contributed by atoms with Gasteiger partial charge in [0.1, 0.15) is 0 Å². The van der Waals surface area contributed by atoms with Crippen LogP contribution in [0.4, 0.5) is 0 Å². The Kier molecular flexibility index (Phi) is 3.49. The molecule has 1 atom stereocenters. The molecule has 0 aromatic carbocycles. The molecule has 0 aromatic heterocycles. The Balaban J connectivity index is 3.75. The summed E-state index contributed by atoms with van der Waals surface area (Å²) in [5.74, 6) is 0. The minimum absolute atomic E-state index is 0.241. The maximum absolute atomic E-state index is 10.1. The molecule has 0 fully saturated rings. The number of hydrogen-bond donors (Lipinski definition) is 2. The summed E-state index contributed by atoms with van der Waals surface area (Å²) < 4.78 is 28.3. The van der Waals surface area contributed by atoms with Crippen LogP contribution in [0.2, 0.25) is 0 Å². The van der Waals surface area contributed by atoms with E-state index in [9.17, 15) is 8.42 Å². The molecule has 0 amide bonds. The quantitative estimate of drug-likeness (QED) is 0.456. The minimum Gasteiger partial charge on any atom is -0.329 e. The molecule has 0 spiro atoms. The first-order valence-electron chi connectivity index (χ1n) is 2.31. The van der Waals surface area contributed by atoms with Crippen molar-refractivity contribution in [3.8, 4) is 0 Å². The number of nitrogens with two attached hydrogens (primary N) is 1. The zero-order chi connectivity index (χ0) is 7.49. The smallest absolute Gasteiger partial charge is 0.320 e. The molecule has 0 saturated heterocycles. The second-order valence-corrected chi connectivity index (χ2v) is 5.26. The first-order valence-corrected chi connectivity index (χ1v) is 5.15. The molecule has 0 aromatic rings. The highest BCUT2D eigenvalue weighted by Gasteiger charge is 2.10. The van der Waals surface area contributed by atoms with Crippen LogP contribution in [-0.2, 0) is 9.15 Å². The zero-order valence-electron chi connectivity index (χ0n) is 4.94. The SMILES string of the molecule is CC(CN)SS(=O)(=O)O. The van der Waals surface area contributed by atoms with Crippen LogP contribution in [0.5, 0.6) is 0 Å². The highest BCUT2D eigenvalue weighted by molar-refractivity contribution is 8.70. The fraction of sp³-hybridized carbons (Fsp3) is 1.00. The maximum Gasteiger partial charge on any atom is 0.320 e. The summed E-state index contributed by atoms with van der Waals surface area (Å²) >= 11 is 0. The van der Waals surface area contributed by atoms with E-state index in [1.807, 2.05) is 0 Å². The highest BCUT2D eigenvalue weighted by Crippen LogP contribution is 2.14. The van der Waals surface area contributed by atoms with Crippen molar-refractivity contribution in [1.82, 2.24) is 0 Å². The van der Waals surface area contributed by atoms with Gasteiger partial charge in [0, 0.05) is 22.6 Å². The molecule has 0 aliphatic heterocycles. The van der Waals surface area contributed by atoms with Crippen LogP contribution in [0.15, 0.2) is 0 Å². The molecule has 0 radical (unpaired) electrons. The van der Waals surface area contributed by atoms with Gasteiger partial charge in [-0.2, -0.15) is 8.42 Å². The van der Waals surface area contributed by atoms with Gasteiger partial charge in [0.05, 0.1) is 0 Å². The van der Waals surface area contributed by atoms with Crippen molar-refractivity contribution >= 4 is 19.9 Å².